The van der Waals surface area contributed by atoms with E-state index in [9.17, 15) is 17.2 Å². The van der Waals surface area contributed by atoms with E-state index in [-0.39, 0.29) is 33.4 Å². The summed E-state index contributed by atoms with van der Waals surface area (Å²) in [7, 11) is -3.57. The molecule has 1 N–H and O–H groups in total. The number of aromatic amines is 1. The standard InChI is InChI=1S/C23H14F3N5O4S/c1-36(32,33)18-6-5-12(10-29-18)34-17-9-15-20(31-23(30-15)16-11-27-7-8-28-16)19(26)22(17)35-21-13(24)3-2-4-14(21)25/h2-11H,1H3,(H,30,31). The molecule has 13 heteroatoms. The minimum Gasteiger partial charge on any atom is -0.452 e. The van der Waals surface area contributed by atoms with E-state index in [0.29, 0.717) is 5.69 Å². The maximum atomic E-state index is 15.7. The molecule has 0 atom stereocenters. The molecule has 0 saturated heterocycles. The van der Waals surface area contributed by atoms with E-state index in [1.807, 2.05) is 0 Å². The van der Waals surface area contributed by atoms with Gasteiger partial charge >= 0.3 is 0 Å². The van der Waals surface area contributed by atoms with E-state index in [1.54, 1.807) is 0 Å². The van der Waals surface area contributed by atoms with Gasteiger partial charge in [0.1, 0.15) is 17.0 Å². The van der Waals surface area contributed by atoms with Crippen molar-refractivity contribution in [2.75, 3.05) is 6.26 Å². The number of para-hydroxylation sites is 1. The number of benzene rings is 2. The van der Waals surface area contributed by atoms with Crippen LogP contribution in [0.1, 0.15) is 0 Å². The zero-order valence-electron chi connectivity index (χ0n) is 18.2. The lowest BCUT2D eigenvalue weighted by Gasteiger charge is -2.14. The second kappa shape index (κ2) is 8.92. The number of fused-ring (bicyclic) bond motifs is 1. The Morgan fingerprint density at radius 2 is 1.69 bits per heavy atom. The Kier molecular flexibility index (Phi) is 5.76. The van der Waals surface area contributed by atoms with Crippen molar-refractivity contribution in [1.29, 1.82) is 0 Å². The highest BCUT2D eigenvalue weighted by Crippen LogP contribution is 2.42. The molecule has 0 unspecified atom stereocenters. The number of pyridine rings is 1. The third kappa shape index (κ3) is 4.43. The summed E-state index contributed by atoms with van der Waals surface area (Å²) in [4.78, 5) is 18.9. The lowest BCUT2D eigenvalue weighted by atomic mass is 10.2. The predicted octanol–water partition coefficient (Wildman–Crippen LogP) is 4.82. The van der Waals surface area contributed by atoms with Gasteiger partial charge in [-0.05, 0) is 24.3 Å². The molecule has 0 spiro atoms. The molecule has 0 aliphatic carbocycles. The summed E-state index contributed by atoms with van der Waals surface area (Å²) < 4.78 is 78.6. The van der Waals surface area contributed by atoms with Gasteiger partial charge in [-0.25, -0.2) is 36.5 Å². The van der Waals surface area contributed by atoms with Crippen LogP contribution >= 0.6 is 0 Å². The number of nitrogens with one attached hydrogen (secondary N) is 1. The van der Waals surface area contributed by atoms with Crippen LogP contribution in [0.4, 0.5) is 13.2 Å². The average Bonchev–Trinajstić information content (AvgIpc) is 3.28. The Labute approximate surface area is 201 Å². The van der Waals surface area contributed by atoms with Crippen LogP contribution in [0, 0.1) is 17.5 Å². The number of imidazole rings is 1. The Bertz CT molecular complexity index is 1680. The van der Waals surface area contributed by atoms with E-state index in [0.717, 1.165) is 30.7 Å². The number of hydrogen-bond acceptors (Lipinski definition) is 8. The minimum atomic E-state index is -3.57. The average molecular weight is 513 g/mol. The Hall–Kier alpha value is -4.52. The SMILES string of the molecule is CS(=O)(=O)c1ccc(Oc2cc3[nH]c(-c4cnccn4)nc3c(F)c2Oc2c(F)cccc2F)cn1. The van der Waals surface area contributed by atoms with Crippen LogP contribution in [0.15, 0.2) is 66.2 Å². The van der Waals surface area contributed by atoms with Crippen molar-refractivity contribution >= 4 is 20.9 Å². The molecule has 9 nitrogen and oxygen atoms in total. The van der Waals surface area contributed by atoms with Crippen LogP contribution in [0.25, 0.3) is 22.6 Å². The van der Waals surface area contributed by atoms with Gasteiger partial charge in [-0.1, -0.05) is 6.07 Å². The van der Waals surface area contributed by atoms with Crippen LogP contribution in [-0.4, -0.2) is 39.6 Å². The summed E-state index contributed by atoms with van der Waals surface area (Å²) >= 11 is 0. The highest BCUT2D eigenvalue weighted by Gasteiger charge is 2.24. The van der Waals surface area contributed by atoms with Gasteiger partial charge in [-0.3, -0.25) is 4.98 Å². The maximum absolute atomic E-state index is 15.7. The quantitative estimate of drug-likeness (QED) is 0.343. The molecule has 0 radical (unpaired) electrons. The van der Waals surface area contributed by atoms with E-state index >= 15 is 4.39 Å². The van der Waals surface area contributed by atoms with Crippen LogP contribution < -0.4 is 9.47 Å². The topological polar surface area (TPSA) is 120 Å². The molecule has 3 aromatic heterocycles. The van der Waals surface area contributed by atoms with Crippen LogP contribution in [0.3, 0.4) is 0 Å². The lowest BCUT2D eigenvalue weighted by Crippen LogP contribution is -2.01. The largest absolute Gasteiger partial charge is 0.452 e. The number of halogens is 3. The zero-order valence-corrected chi connectivity index (χ0v) is 19.1. The van der Waals surface area contributed by atoms with Gasteiger partial charge in [0.05, 0.1) is 17.9 Å². The van der Waals surface area contributed by atoms with Crippen molar-refractivity contribution in [3.8, 4) is 34.5 Å². The van der Waals surface area contributed by atoms with Gasteiger partial charge in [0.2, 0.25) is 5.75 Å². The highest BCUT2D eigenvalue weighted by atomic mass is 32.2. The number of rotatable bonds is 6. The normalized spacial score (nSPS) is 11.6. The maximum Gasteiger partial charge on any atom is 0.208 e. The van der Waals surface area contributed by atoms with Crippen LogP contribution in [-0.2, 0) is 9.84 Å². The monoisotopic (exact) mass is 513 g/mol. The molecule has 36 heavy (non-hydrogen) atoms. The summed E-state index contributed by atoms with van der Waals surface area (Å²) in [6.45, 7) is 0. The molecular weight excluding hydrogens is 499 g/mol. The fourth-order valence-electron chi connectivity index (χ4n) is 3.24. The van der Waals surface area contributed by atoms with Gasteiger partial charge in [-0.15, -0.1) is 0 Å². The first-order valence-electron chi connectivity index (χ1n) is 10.1. The van der Waals surface area contributed by atoms with E-state index in [1.165, 1.54) is 36.8 Å². The van der Waals surface area contributed by atoms with Gasteiger partial charge in [0, 0.05) is 24.7 Å². The third-order valence-corrected chi connectivity index (χ3v) is 5.89. The van der Waals surface area contributed by atoms with Gasteiger partial charge in [-0.2, -0.15) is 0 Å². The zero-order chi connectivity index (χ0) is 25.4. The number of hydrogen-bond donors (Lipinski definition) is 1. The van der Waals surface area contributed by atoms with E-state index < -0.39 is 38.8 Å². The van der Waals surface area contributed by atoms with E-state index in [4.69, 9.17) is 9.47 Å². The molecule has 0 fully saturated rings. The molecule has 0 saturated carbocycles. The molecule has 0 aliphatic heterocycles. The highest BCUT2D eigenvalue weighted by molar-refractivity contribution is 7.90. The first kappa shape index (κ1) is 23.2. The number of nitrogens with zero attached hydrogens (tertiary/aromatic N) is 4. The lowest BCUT2D eigenvalue weighted by molar-refractivity contribution is 0.363. The molecule has 0 aliphatic rings. The first-order valence-corrected chi connectivity index (χ1v) is 12.0. The number of sulfone groups is 1. The molecule has 0 amide bonds. The van der Waals surface area contributed by atoms with Crippen molar-refractivity contribution in [3.05, 3.63) is 78.6 Å². The second-order valence-electron chi connectivity index (χ2n) is 7.45. The van der Waals surface area contributed by atoms with Gasteiger partial charge in [0.25, 0.3) is 0 Å². The Morgan fingerprint density at radius 1 is 0.917 bits per heavy atom. The molecule has 182 valence electrons. The molecule has 5 aromatic rings. The molecule has 5 rings (SSSR count). The summed E-state index contributed by atoms with van der Waals surface area (Å²) in [5, 5.41) is -0.205. The smallest absolute Gasteiger partial charge is 0.208 e. The van der Waals surface area contributed by atoms with Crippen LogP contribution in [0.2, 0.25) is 0 Å². The third-order valence-electron chi connectivity index (χ3n) is 4.88. The molecule has 0 bridgehead atoms. The summed E-state index contributed by atoms with van der Waals surface area (Å²) in [6.07, 6.45) is 6.38. The Morgan fingerprint density at radius 3 is 2.33 bits per heavy atom. The second-order valence-corrected chi connectivity index (χ2v) is 9.41. The molecular formula is C23H14F3N5O4S. The Balaban J connectivity index is 1.64. The molecule has 2 aromatic carbocycles. The van der Waals surface area contributed by atoms with Gasteiger partial charge < -0.3 is 14.5 Å². The van der Waals surface area contributed by atoms with Gasteiger partial charge in [0.15, 0.2) is 49.6 Å². The predicted molar refractivity (Wildman–Crippen MR) is 121 cm³/mol. The summed E-state index contributed by atoms with van der Waals surface area (Å²) in [5.74, 6) is -4.82. The van der Waals surface area contributed by atoms with Crippen molar-refractivity contribution in [3.63, 3.8) is 0 Å². The number of H-pyrrole nitrogens is 1. The van der Waals surface area contributed by atoms with Crippen LogP contribution in [0.5, 0.6) is 23.0 Å². The van der Waals surface area contributed by atoms with Crippen molar-refractivity contribution in [2.45, 2.75) is 5.03 Å². The van der Waals surface area contributed by atoms with Crippen molar-refractivity contribution in [2.24, 2.45) is 0 Å². The minimum absolute atomic E-state index is 0.00803. The van der Waals surface area contributed by atoms with Crippen molar-refractivity contribution in [1.82, 2.24) is 24.9 Å². The number of ether oxygens (including phenoxy) is 2. The summed E-state index contributed by atoms with van der Waals surface area (Å²) in [5.41, 5.74) is 0.268. The summed E-state index contributed by atoms with van der Waals surface area (Å²) in [6, 6.07) is 6.82. The fourth-order valence-corrected chi connectivity index (χ4v) is 3.80. The first-order chi connectivity index (χ1) is 17.2. The molecule has 3 heterocycles. The van der Waals surface area contributed by atoms with Crippen molar-refractivity contribution < 1.29 is 31.1 Å². The number of aromatic nitrogens is 5. The van der Waals surface area contributed by atoms with E-state index in [2.05, 4.69) is 24.9 Å². The fraction of sp³-hybridized carbons (Fsp3) is 0.0435.